The number of methoxy groups -OCH3 is 1. The molecule has 3 rings (SSSR count). The number of nitrogens with zero attached hydrogens (tertiary/aromatic N) is 3. The highest BCUT2D eigenvalue weighted by Gasteiger charge is 2.24. The second-order valence-electron chi connectivity index (χ2n) is 6.64. The van der Waals surface area contributed by atoms with E-state index in [-0.39, 0.29) is 24.1 Å². The molecule has 0 saturated heterocycles. The SMILES string of the molecule is COCCCNC(=O)CN(C)C(=O)c1oc2ccccc2c1CSc1nnc(C)s1. The number of para-hydroxylation sites is 1. The minimum Gasteiger partial charge on any atom is -0.451 e. The van der Waals surface area contributed by atoms with Crippen LogP contribution in [0.2, 0.25) is 0 Å². The van der Waals surface area contributed by atoms with Crippen molar-refractivity contribution in [2.45, 2.75) is 23.4 Å². The monoisotopic (exact) mass is 448 g/mol. The van der Waals surface area contributed by atoms with Crippen LogP contribution in [0.1, 0.15) is 27.5 Å². The highest BCUT2D eigenvalue weighted by atomic mass is 32.2. The zero-order valence-corrected chi connectivity index (χ0v) is 18.8. The Labute approximate surface area is 183 Å². The van der Waals surface area contributed by atoms with E-state index in [0.29, 0.717) is 24.5 Å². The van der Waals surface area contributed by atoms with Crippen LogP contribution in [-0.4, -0.2) is 60.8 Å². The summed E-state index contributed by atoms with van der Waals surface area (Å²) in [5, 5.41) is 12.7. The first-order valence-electron chi connectivity index (χ1n) is 9.44. The van der Waals surface area contributed by atoms with Gasteiger partial charge in [-0.15, -0.1) is 10.2 Å². The molecule has 1 aromatic carbocycles. The molecule has 0 spiro atoms. The fourth-order valence-corrected chi connectivity index (χ4v) is 4.69. The van der Waals surface area contributed by atoms with Crippen LogP contribution in [0.5, 0.6) is 0 Å². The number of carbonyl (C=O) groups is 2. The minimum atomic E-state index is -0.331. The molecule has 3 aromatic rings. The summed E-state index contributed by atoms with van der Waals surface area (Å²) < 4.78 is 11.7. The molecular weight excluding hydrogens is 424 g/mol. The van der Waals surface area contributed by atoms with Crippen LogP contribution in [0.15, 0.2) is 33.0 Å². The number of fused-ring (bicyclic) bond motifs is 1. The molecule has 2 heterocycles. The number of aromatic nitrogens is 2. The van der Waals surface area contributed by atoms with Crippen molar-refractivity contribution < 1.29 is 18.7 Å². The molecular formula is C20H24N4O4S2. The van der Waals surface area contributed by atoms with Gasteiger partial charge in [-0.3, -0.25) is 9.59 Å². The first kappa shape index (κ1) is 22.3. The topological polar surface area (TPSA) is 97.6 Å². The second kappa shape index (κ2) is 10.6. The molecule has 0 aliphatic heterocycles. The lowest BCUT2D eigenvalue weighted by Crippen LogP contribution is -2.39. The average Bonchev–Trinajstić information content (AvgIpc) is 3.32. The van der Waals surface area contributed by atoms with E-state index in [4.69, 9.17) is 9.15 Å². The van der Waals surface area contributed by atoms with Gasteiger partial charge in [0.1, 0.15) is 10.6 Å². The van der Waals surface area contributed by atoms with E-state index in [2.05, 4.69) is 15.5 Å². The van der Waals surface area contributed by atoms with Gasteiger partial charge in [0.15, 0.2) is 10.1 Å². The molecule has 10 heteroatoms. The lowest BCUT2D eigenvalue weighted by atomic mass is 10.1. The third kappa shape index (κ3) is 5.59. The third-order valence-electron chi connectivity index (χ3n) is 4.31. The lowest BCUT2D eigenvalue weighted by Gasteiger charge is -2.16. The number of nitrogens with one attached hydrogen (secondary N) is 1. The van der Waals surface area contributed by atoms with Gasteiger partial charge in [-0.25, -0.2) is 0 Å². The highest BCUT2D eigenvalue weighted by molar-refractivity contribution is 8.00. The Hall–Kier alpha value is -2.43. The van der Waals surface area contributed by atoms with E-state index in [9.17, 15) is 9.59 Å². The molecule has 160 valence electrons. The van der Waals surface area contributed by atoms with Crippen molar-refractivity contribution in [3.8, 4) is 0 Å². The van der Waals surface area contributed by atoms with Crippen LogP contribution in [0.4, 0.5) is 0 Å². The van der Waals surface area contributed by atoms with Gasteiger partial charge >= 0.3 is 0 Å². The number of aryl methyl sites for hydroxylation is 1. The second-order valence-corrected chi connectivity index (χ2v) is 9.04. The Kier molecular flexibility index (Phi) is 7.83. The molecule has 0 saturated carbocycles. The highest BCUT2D eigenvalue weighted by Crippen LogP contribution is 2.33. The zero-order chi connectivity index (χ0) is 21.5. The largest absolute Gasteiger partial charge is 0.451 e. The summed E-state index contributed by atoms with van der Waals surface area (Å²) in [6, 6.07) is 7.53. The van der Waals surface area contributed by atoms with Crippen molar-refractivity contribution in [3.05, 3.63) is 40.6 Å². The number of amides is 2. The minimum absolute atomic E-state index is 0.0506. The Morgan fingerprint density at radius 1 is 1.30 bits per heavy atom. The van der Waals surface area contributed by atoms with Gasteiger partial charge in [0.2, 0.25) is 5.91 Å². The summed E-state index contributed by atoms with van der Waals surface area (Å²) in [6.07, 6.45) is 0.718. The van der Waals surface area contributed by atoms with Crippen LogP contribution < -0.4 is 5.32 Å². The van der Waals surface area contributed by atoms with Gasteiger partial charge < -0.3 is 19.4 Å². The standard InChI is InChI=1S/C20H24N4O4S2/c1-13-22-23-20(30-13)29-12-15-14-7-4-5-8-16(14)28-18(15)19(26)24(2)11-17(25)21-9-6-10-27-3/h4-5,7-8H,6,9-12H2,1-3H3,(H,21,25). The molecule has 0 bridgehead atoms. The summed E-state index contributed by atoms with van der Waals surface area (Å²) in [4.78, 5) is 26.6. The molecule has 0 aliphatic carbocycles. The fourth-order valence-electron chi connectivity index (χ4n) is 2.85. The predicted molar refractivity (Wildman–Crippen MR) is 117 cm³/mol. The Balaban J connectivity index is 1.73. The van der Waals surface area contributed by atoms with Crippen LogP contribution in [0.25, 0.3) is 11.0 Å². The van der Waals surface area contributed by atoms with Crippen molar-refractivity contribution in [2.24, 2.45) is 0 Å². The summed E-state index contributed by atoms with van der Waals surface area (Å²) in [6.45, 7) is 2.93. The first-order valence-corrected chi connectivity index (χ1v) is 11.2. The summed E-state index contributed by atoms with van der Waals surface area (Å²) in [5.74, 6) is 0.212. The molecule has 0 unspecified atom stereocenters. The number of furan rings is 1. The molecule has 30 heavy (non-hydrogen) atoms. The molecule has 8 nitrogen and oxygen atoms in total. The summed E-state index contributed by atoms with van der Waals surface area (Å²) >= 11 is 3.02. The Bertz CT molecular complexity index is 1020. The molecule has 0 aliphatic rings. The average molecular weight is 449 g/mol. The van der Waals surface area contributed by atoms with E-state index in [1.807, 2.05) is 31.2 Å². The number of benzene rings is 1. The molecule has 0 fully saturated rings. The lowest BCUT2D eigenvalue weighted by molar-refractivity contribution is -0.121. The Morgan fingerprint density at radius 3 is 2.83 bits per heavy atom. The van der Waals surface area contributed by atoms with Gasteiger partial charge in [0.25, 0.3) is 5.91 Å². The van der Waals surface area contributed by atoms with E-state index >= 15 is 0 Å². The predicted octanol–water partition coefficient (Wildman–Crippen LogP) is 3.11. The van der Waals surface area contributed by atoms with Gasteiger partial charge in [-0.05, 0) is 19.4 Å². The maximum absolute atomic E-state index is 13.1. The number of ether oxygens (including phenoxy) is 1. The number of hydrogen-bond acceptors (Lipinski definition) is 8. The summed E-state index contributed by atoms with van der Waals surface area (Å²) in [7, 11) is 3.21. The molecule has 0 radical (unpaired) electrons. The maximum atomic E-state index is 13.1. The van der Waals surface area contributed by atoms with Gasteiger partial charge in [-0.2, -0.15) is 0 Å². The third-order valence-corrected chi connectivity index (χ3v) is 6.31. The van der Waals surface area contributed by atoms with Crippen molar-refractivity contribution in [3.63, 3.8) is 0 Å². The number of likely N-dealkylation sites (N-methyl/N-ethyl adjacent to an activating group) is 1. The van der Waals surface area contributed by atoms with Crippen LogP contribution in [0.3, 0.4) is 0 Å². The molecule has 0 atom stereocenters. The van der Waals surface area contributed by atoms with E-state index in [0.717, 1.165) is 26.7 Å². The van der Waals surface area contributed by atoms with Crippen LogP contribution in [-0.2, 0) is 15.3 Å². The van der Waals surface area contributed by atoms with Gasteiger partial charge in [-0.1, -0.05) is 41.3 Å². The van der Waals surface area contributed by atoms with Crippen molar-refractivity contribution >= 4 is 45.9 Å². The van der Waals surface area contributed by atoms with E-state index < -0.39 is 0 Å². The number of carbonyl (C=O) groups excluding carboxylic acids is 2. The van der Waals surface area contributed by atoms with Gasteiger partial charge in [0.05, 0.1) is 6.54 Å². The van der Waals surface area contributed by atoms with Crippen molar-refractivity contribution in [2.75, 3.05) is 33.9 Å². The smallest absolute Gasteiger partial charge is 0.290 e. The Morgan fingerprint density at radius 2 is 2.10 bits per heavy atom. The molecule has 2 aromatic heterocycles. The molecule has 2 amide bonds. The normalized spacial score (nSPS) is 11.0. The fraction of sp³-hybridized carbons (Fsp3) is 0.400. The first-order chi connectivity index (χ1) is 14.5. The number of rotatable bonds is 10. The van der Waals surface area contributed by atoms with Crippen LogP contribution in [0, 0.1) is 6.92 Å². The molecule has 1 N–H and O–H groups in total. The zero-order valence-electron chi connectivity index (χ0n) is 17.1. The number of hydrogen-bond donors (Lipinski definition) is 1. The van der Waals surface area contributed by atoms with E-state index in [1.165, 1.54) is 28.0 Å². The maximum Gasteiger partial charge on any atom is 0.290 e. The number of thioether (sulfide) groups is 1. The summed E-state index contributed by atoms with van der Waals surface area (Å²) in [5.41, 5.74) is 1.43. The quantitative estimate of drug-likeness (QED) is 0.376. The van der Waals surface area contributed by atoms with E-state index in [1.54, 1.807) is 14.2 Å². The van der Waals surface area contributed by atoms with Crippen LogP contribution >= 0.6 is 23.1 Å². The van der Waals surface area contributed by atoms with Crippen molar-refractivity contribution in [1.82, 2.24) is 20.4 Å². The van der Waals surface area contributed by atoms with Crippen molar-refractivity contribution in [1.29, 1.82) is 0 Å². The van der Waals surface area contributed by atoms with Gasteiger partial charge in [0, 0.05) is 44.0 Å².